The number of sulfonamides is 1. The zero-order valence-electron chi connectivity index (χ0n) is 23.2. The van der Waals surface area contributed by atoms with Gasteiger partial charge in [0.25, 0.3) is 15.9 Å². The summed E-state index contributed by atoms with van der Waals surface area (Å²) in [5, 5.41) is 3.10. The zero-order valence-corrected chi connectivity index (χ0v) is 24.8. The fourth-order valence-electron chi connectivity index (χ4n) is 4.42. The maximum Gasteiger partial charge on any atom is 0.341 e. The van der Waals surface area contributed by atoms with Gasteiger partial charge in [-0.1, -0.05) is 13.0 Å². The minimum atomic E-state index is -4.02. The number of fused-ring (bicyclic) bond motifs is 1. The average Bonchev–Trinajstić information content (AvgIpc) is 3.30. The van der Waals surface area contributed by atoms with Gasteiger partial charge < -0.3 is 19.5 Å². The lowest BCUT2D eigenvalue weighted by atomic mass is 9.88. The van der Waals surface area contributed by atoms with Crippen LogP contribution in [-0.4, -0.2) is 46.1 Å². The van der Waals surface area contributed by atoms with Crippen LogP contribution in [0.15, 0.2) is 53.4 Å². The highest BCUT2D eigenvalue weighted by Gasteiger charge is 2.30. The maximum absolute atomic E-state index is 13.0. The summed E-state index contributed by atoms with van der Waals surface area (Å²) < 4.78 is 43.9. The van der Waals surface area contributed by atoms with E-state index in [0.717, 1.165) is 23.3 Å². The summed E-state index contributed by atoms with van der Waals surface area (Å²) in [6.07, 6.45) is 1.23. The number of ether oxygens (including phenoxy) is 3. The van der Waals surface area contributed by atoms with Crippen LogP contribution >= 0.6 is 11.3 Å². The van der Waals surface area contributed by atoms with E-state index in [1.807, 2.05) is 0 Å². The van der Waals surface area contributed by atoms with Crippen molar-refractivity contribution >= 4 is 49.9 Å². The van der Waals surface area contributed by atoms with Crippen LogP contribution in [0.25, 0.3) is 0 Å². The van der Waals surface area contributed by atoms with E-state index < -0.39 is 34.0 Å². The van der Waals surface area contributed by atoms with Crippen molar-refractivity contribution in [3.8, 4) is 5.75 Å². The molecule has 12 heteroatoms. The zero-order chi connectivity index (χ0) is 29.7. The fourth-order valence-corrected chi connectivity index (χ4v) is 6.92. The Morgan fingerprint density at radius 3 is 2.51 bits per heavy atom. The standard InChI is InChI=1S/C29H32N2O8S2/c1-5-38-29(34)25-23-14-9-17(2)15-24(23)40-27(25)30-26(32)18(3)39-28(33)19-7-6-8-22(16-19)41(35,36)31-20-10-12-21(37-4)13-11-20/h6-8,10-13,16-18,31H,5,9,14-15H2,1-4H3,(H,30,32)/t17-,18+/m0/s1. The van der Waals surface area contributed by atoms with E-state index in [1.165, 1.54) is 49.6 Å². The molecule has 2 aromatic carbocycles. The Balaban J connectivity index is 1.46. The smallest absolute Gasteiger partial charge is 0.341 e. The SMILES string of the molecule is CCOC(=O)c1c(NC(=O)[C@@H](C)OC(=O)c2cccc(S(=O)(=O)Nc3ccc(OC)cc3)c2)sc2c1CC[C@H](C)C2. The quantitative estimate of drug-likeness (QED) is 0.309. The van der Waals surface area contributed by atoms with Crippen LogP contribution in [0.4, 0.5) is 10.7 Å². The van der Waals surface area contributed by atoms with Crippen LogP contribution in [0, 0.1) is 5.92 Å². The number of nitrogens with one attached hydrogen (secondary N) is 2. The molecule has 41 heavy (non-hydrogen) atoms. The third kappa shape index (κ3) is 7.06. The van der Waals surface area contributed by atoms with Crippen molar-refractivity contribution in [1.82, 2.24) is 0 Å². The van der Waals surface area contributed by atoms with Crippen molar-refractivity contribution in [2.24, 2.45) is 5.92 Å². The van der Waals surface area contributed by atoms with Gasteiger partial charge in [-0.3, -0.25) is 9.52 Å². The number of anilines is 2. The molecule has 0 saturated carbocycles. The normalized spacial score (nSPS) is 15.3. The van der Waals surface area contributed by atoms with Gasteiger partial charge in [0, 0.05) is 10.6 Å². The molecule has 3 aromatic rings. The van der Waals surface area contributed by atoms with Crippen molar-refractivity contribution in [1.29, 1.82) is 0 Å². The molecule has 0 saturated heterocycles. The number of rotatable bonds is 10. The second-order valence-corrected chi connectivity index (χ2v) is 12.5. The van der Waals surface area contributed by atoms with E-state index in [4.69, 9.17) is 14.2 Å². The molecule has 0 aliphatic heterocycles. The van der Waals surface area contributed by atoms with E-state index >= 15 is 0 Å². The predicted molar refractivity (Wildman–Crippen MR) is 155 cm³/mol. The van der Waals surface area contributed by atoms with Crippen LogP contribution in [0.3, 0.4) is 0 Å². The van der Waals surface area contributed by atoms with Gasteiger partial charge in [0.05, 0.1) is 29.7 Å². The minimum absolute atomic E-state index is 0.0463. The predicted octanol–water partition coefficient (Wildman–Crippen LogP) is 5.04. The first-order valence-corrected chi connectivity index (χ1v) is 15.4. The first-order chi connectivity index (χ1) is 19.5. The molecule has 1 heterocycles. The lowest BCUT2D eigenvalue weighted by Gasteiger charge is -2.18. The molecule has 2 atom stereocenters. The van der Waals surface area contributed by atoms with Crippen molar-refractivity contribution < 1.29 is 37.0 Å². The van der Waals surface area contributed by atoms with Gasteiger partial charge in [0.2, 0.25) is 0 Å². The number of methoxy groups -OCH3 is 1. The van der Waals surface area contributed by atoms with Crippen LogP contribution in [-0.2, 0) is 37.1 Å². The number of esters is 2. The van der Waals surface area contributed by atoms with Gasteiger partial charge in [-0.05, 0) is 87.1 Å². The molecule has 0 unspecified atom stereocenters. The summed E-state index contributed by atoms with van der Waals surface area (Å²) in [6.45, 7) is 5.46. The first-order valence-electron chi connectivity index (χ1n) is 13.1. The minimum Gasteiger partial charge on any atom is -0.497 e. The molecule has 1 amide bonds. The number of benzene rings is 2. The molecular formula is C29H32N2O8S2. The second kappa shape index (κ2) is 12.7. The molecule has 0 radical (unpaired) electrons. The summed E-state index contributed by atoms with van der Waals surface area (Å²) >= 11 is 1.33. The first kappa shape index (κ1) is 30.1. The number of hydrogen-bond donors (Lipinski definition) is 2. The average molecular weight is 601 g/mol. The highest BCUT2D eigenvalue weighted by molar-refractivity contribution is 7.92. The summed E-state index contributed by atoms with van der Waals surface area (Å²) in [5.74, 6) is -0.966. The monoisotopic (exact) mass is 600 g/mol. The lowest BCUT2D eigenvalue weighted by molar-refractivity contribution is -0.123. The van der Waals surface area contributed by atoms with E-state index in [0.29, 0.717) is 34.3 Å². The van der Waals surface area contributed by atoms with Gasteiger partial charge in [-0.2, -0.15) is 0 Å². The topological polar surface area (TPSA) is 137 Å². The Labute approximate surface area is 243 Å². The van der Waals surface area contributed by atoms with Crippen LogP contribution < -0.4 is 14.8 Å². The Bertz CT molecular complexity index is 1550. The van der Waals surface area contributed by atoms with E-state index in [1.54, 1.807) is 31.2 Å². The molecule has 1 aromatic heterocycles. The molecule has 1 aliphatic carbocycles. The van der Waals surface area contributed by atoms with Gasteiger partial charge >= 0.3 is 11.9 Å². The fraction of sp³-hybridized carbons (Fsp3) is 0.345. The highest BCUT2D eigenvalue weighted by atomic mass is 32.2. The number of carbonyl (C=O) groups is 3. The van der Waals surface area contributed by atoms with Crippen molar-refractivity contribution in [3.05, 3.63) is 70.1 Å². The molecule has 1 aliphatic rings. The van der Waals surface area contributed by atoms with E-state index in [2.05, 4.69) is 17.0 Å². The molecule has 2 N–H and O–H groups in total. The van der Waals surface area contributed by atoms with Crippen molar-refractivity contribution in [2.75, 3.05) is 23.8 Å². The Hall–Kier alpha value is -3.90. The van der Waals surface area contributed by atoms with Crippen LogP contribution in [0.2, 0.25) is 0 Å². The largest absolute Gasteiger partial charge is 0.497 e. The number of thiophene rings is 1. The molecular weight excluding hydrogens is 568 g/mol. The van der Waals surface area contributed by atoms with Crippen molar-refractivity contribution in [3.63, 3.8) is 0 Å². The second-order valence-electron chi connectivity index (χ2n) is 9.67. The number of amides is 1. The summed E-state index contributed by atoms with van der Waals surface area (Å²) in [5.41, 5.74) is 1.52. The molecule has 0 bridgehead atoms. The molecule has 10 nitrogen and oxygen atoms in total. The summed E-state index contributed by atoms with van der Waals surface area (Å²) in [4.78, 5) is 39.5. The summed E-state index contributed by atoms with van der Waals surface area (Å²) in [7, 11) is -2.51. The van der Waals surface area contributed by atoms with Gasteiger partial charge in [-0.25, -0.2) is 18.0 Å². The highest BCUT2D eigenvalue weighted by Crippen LogP contribution is 2.40. The van der Waals surface area contributed by atoms with Gasteiger partial charge in [0.15, 0.2) is 6.10 Å². The van der Waals surface area contributed by atoms with E-state index in [9.17, 15) is 22.8 Å². The van der Waals surface area contributed by atoms with Crippen LogP contribution in [0.1, 0.15) is 58.3 Å². The Kier molecular flexibility index (Phi) is 9.34. The Morgan fingerprint density at radius 2 is 1.83 bits per heavy atom. The lowest BCUT2D eigenvalue weighted by Crippen LogP contribution is -2.30. The number of carbonyl (C=O) groups excluding carboxylic acids is 3. The molecule has 0 fully saturated rings. The molecule has 4 rings (SSSR count). The maximum atomic E-state index is 13.0. The van der Waals surface area contributed by atoms with Gasteiger partial charge in [0.1, 0.15) is 10.8 Å². The van der Waals surface area contributed by atoms with E-state index in [-0.39, 0.29) is 17.1 Å². The molecule has 0 spiro atoms. The number of hydrogen-bond acceptors (Lipinski definition) is 9. The molecule has 218 valence electrons. The van der Waals surface area contributed by atoms with Gasteiger partial charge in [-0.15, -0.1) is 11.3 Å². The Morgan fingerprint density at radius 1 is 1.10 bits per heavy atom. The van der Waals surface area contributed by atoms with Crippen molar-refractivity contribution in [2.45, 2.75) is 51.0 Å². The third-order valence-corrected chi connectivity index (χ3v) is 9.15. The summed E-state index contributed by atoms with van der Waals surface area (Å²) in [6, 6.07) is 11.6. The third-order valence-electron chi connectivity index (χ3n) is 6.60. The van der Waals surface area contributed by atoms with Crippen LogP contribution in [0.5, 0.6) is 5.75 Å².